The Balaban J connectivity index is 1.36. The van der Waals surface area contributed by atoms with E-state index in [1.54, 1.807) is 60.7 Å². The van der Waals surface area contributed by atoms with Crippen molar-refractivity contribution in [2.75, 3.05) is 4.90 Å². The van der Waals surface area contributed by atoms with Crippen LogP contribution in [-0.2, 0) is 22.8 Å². The summed E-state index contributed by atoms with van der Waals surface area (Å²) in [6.07, 6.45) is 1.33. The molecule has 10 heteroatoms. The van der Waals surface area contributed by atoms with Gasteiger partial charge < -0.3 is 9.47 Å². The second kappa shape index (κ2) is 12.7. The van der Waals surface area contributed by atoms with Crippen LogP contribution in [0.15, 0.2) is 90.5 Å². The van der Waals surface area contributed by atoms with Crippen molar-refractivity contribution in [1.82, 2.24) is 5.32 Å². The van der Waals surface area contributed by atoms with E-state index in [0.717, 1.165) is 16.0 Å². The molecule has 7 nitrogen and oxygen atoms in total. The van der Waals surface area contributed by atoms with Crippen LogP contribution in [0.5, 0.6) is 11.5 Å². The van der Waals surface area contributed by atoms with E-state index in [1.807, 2.05) is 31.2 Å². The lowest BCUT2D eigenvalue weighted by Crippen LogP contribution is -2.54. The molecular formula is C32H23Cl3N2O5. The summed E-state index contributed by atoms with van der Waals surface area (Å²) in [5.41, 5.74) is 3.19. The summed E-state index contributed by atoms with van der Waals surface area (Å²) in [4.78, 5) is 39.8. The first-order valence-corrected chi connectivity index (χ1v) is 13.9. The lowest BCUT2D eigenvalue weighted by molar-refractivity contribution is -0.122. The molecule has 0 aromatic heterocycles. The van der Waals surface area contributed by atoms with Crippen molar-refractivity contribution >= 4 is 64.4 Å². The van der Waals surface area contributed by atoms with Crippen LogP contribution in [0, 0.1) is 6.92 Å². The smallest absolute Gasteiger partial charge is 0.335 e. The zero-order valence-electron chi connectivity index (χ0n) is 22.2. The number of urea groups is 1. The second-order valence-corrected chi connectivity index (χ2v) is 10.7. The maximum atomic E-state index is 13.5. The van der Waals surface area contributed by atoms with Crippen molar-refractivity contribution in [2.45, 2.75) is 20.1 Å². The highest BCUT2D eigenvalue weighted by Gasteiger charge is 2.37. The van der Waals surface area contributed by atoms with Crippen LogP contribution in [0.4, 0.5) is 10.5 Å². The Morgan fingerprint density at radius 1 is 0.786 bits per heavy atom. The van der Waals surface area contributed by atoms with Crippen LogP contribution in [0.1, 0.15) is 22.3 Å². The van der Waals surface area contributed by atoms with Crippen LogP contribution in [-0.4, -0.2) is 17.8 Å². The normalized spacial score (nSPS) is 14.2. The number of aryl methyl sites for hydroxylation is 1. The number of hydrogen-bond donors (Lipinski definition) is 1. The van der Waals surface area contributed by atoms with E-state index in [2.05, 4.69) is 5.32 Å². The average molecular weight is 622 g/mol. The van der Waals surface area contributed by atoms with Crippen LogP contribution >= 0.6 is 34.8 Å². The van der Waals surface area contributed by atoms with Gasteiger partial charge in [0.15, 0.2) is 0 Å². The summed E-state index contributed by atoms with van der Waals surface area (Å²) in [7, 11) is 0. The predicted octanol–water partition coefficient (Wildman–Crippen LogP) is 7.78. The molecule has 4 aromatic carbocycles. The van der Waals surface area contributed by atoms with Gasteiger partial charge in [0.25, 0.3) is 11.8 Å². The molecule has 5 rings (SSSR count). The summed E-state index contributed by atoms with van der Waals surface area (Å²) in [6.45, 7) is 2.46. The Morgan fingerprint density at radius 2 is 1.48 bits per heavy atom. The van der Waals surface area contributed by atoms with E-state index in [-0.39, 0.29) is 17.9 Å². The number of imide groups is 2. The van der Waals surface area contributed by atoms with Gasteiger partial charge in [0.05, 0.1) is 5.69 Å². The lowest BCUT2D eigenvalue weighted by atomic mass is 10.1. The van der Waals surface area contributed by atoms with Gasteiger partial charge >= 0.3 is 6.03 Å². The maximum Gasteiger partial charge on any atom is 0.335 e. The molecule has 0 spiro atoms. The van der Waals surface area contributed by atoms with E-state index in [9.17, 15) is 14.4 Å². The average Bonchev–Trinajstić information content (AvgIpc) is 2.96. The number of hydrogen-bond acceptors (Lipinski definition) is 5. The topological polar surface area (TPSA) is 84.9 Å². The fourth-order valence-corrected chi connectivity index (χ4v) is 4.79. The molecule has 0 aliphatic carbocycles. The molecule has 42 heavy (non-hydrogen) atoms. The number of amides is 4. The van der Waals surface area contributed by atoms with Gasteiger partial charge in [-0.3, -0.25) is 14.9 Å². The van der Waals surface area contributed by atoms with Gasteiger partial charge in [0.2, 0.25) is 0 Å². The van der Waals surface area contributed by atoms with Crippen molar-refractivity contribution < 1.29 is 23.9 Å². The van der Waals surface area contributed by atoms with E-state index in [1.165, 1.54) is 6.08 Å². The van der Waals surface area contributed by atoms with Crippen molar-refractivity contribution in [3.05, 3.63) is 128 Å². The summed E-state index contributed by atoms with van der Waals surface area (Å²) in [5.74, 6) is -0.746. The molecule has 1 heterocycles. The quantitative estimate of drug-likeness (QED) is 0.160. The predicted molar refractivity (Wildman–Crippen MR) is 163 cm³/mol. The summed E-state index contributed by atoms with van der Waals surface area (Å²) >= 11 is 18.5. The van der Waals surface area contributed by atoms with Gasteiger partial charge in [-0.25, -0.2) is 9.69 Å². The van der Waals surface area contributed by atoms with E-state index in [0.29, 0.717) is 44.3 Å². The van der Waals surface area contributed by atoms with E-state index >= 15 is 0 Å². The molecule has 1 aliphatic heterocycles. The van der Waals surface area contributed by atoms with Gasteiger partial charge in [-0.15, -0.1) is 0 Å². The van der Waals surface area contributed by atoms with Gasteiger partial charge in [-0.05, 0) is 73.2 Å². The molecule has 0 bridgehead atoms. The number of carbonyl (C=O) groups is 3. The summed E-state index contributed by atoms with van der Waals surface area (Å²) in [5, 5.41) is 3.50. The SMILES string of the molecule is Cc1ccc(COc2ccc(N3C(=O)NC(=O)/C(=C\c4cc(Cl)ccc4OCc4ccc(Cl)cc4Cl)C3=O)cc2)cc1. The maximum absolute atomic E-state index is 13.5. The van der Waals surface area contributed by atoms with Crippen LogP contribution in [0.25, 0.3) is 6.08 Å². The Kier molecular flexibility index (Phi) is 8.83. The minimum Gasteiger partial charge on any atom is -0.489 e. The number of ether oxygens (including phenoxy) is 2. The van der Waals surface area contributed by atoms with E-state index in [4.69, 9.17) is 44.3 Å². The molecule has 1 aliphatic rings. The number of halogens is 3. The highest BCUT2D eigenvalue weighted by atomic mass is 35.5. The van der Waals surface area contributed by atoms with Crippen molar-refractivity contribution in [3.8, 4) is 11.5 Å². The zero-order valence-corrected chi connectivity index (χ0v) is 24.5. The Hall–Kier alpha value is -4.30. The zero-order chi connectivity index (χ0) is 29.8. The highest BCUT2D eigenvalue weighted by Crippen LogP contribution is 2.30. The molecule has 1 saturated heterocycles. The number of nitrogens with one attached hydrogen (secondary N) is 1. The summed E-state index contributed by atoms with van der Waals surface area (Å²) < 4.78 is 11.8. The molecule has 4 amide bonds. The lowest BCUT2D eigenvalue weighted by Gasteiger charge is -2.26. The second-order valence-electron chi connectivity index (χ2n) is 9.43. The standard InChI is InChI=1S/C32H23Cl3N2O5/c1-19-2-4-20(5-3-19)17-41-26-11-9-25(10-12-26)37-31(39)27(30(38)36-32(37)40)15-22-14-23(33)8-13-29(22)42-18-21-6-7-24(34)16-28(21)35/h2-16H,17-18H2,1H3,(H,36,38,40)/b27-15+. The van der Waals surface area contributed by atoms with Crippen LogP contribution in [0.3, 0.4) is 0 Å². The largest absolute Gasteiger partial charge is 0.489 e. The molecular weight excluding hydrogens is 599 g/mol. The first-order chi connectivity index (χ1) is 20.2. The van der Waals surface area contributed by atoms with Gasteiger partial charge in [-0.1, -0.05) is 70.7 Å². The van der Waals surface area contributed by atoms with Gasteiger partial charge in [0, 0.05) is 26.2 Å². The minimum absolute atomic E-state index is 0.0941. The molecule has 1 N–H and O–H groups in total. The van der Waals surface area contributed by atoms with Crippen LogP contribution < -0.4 is 19.7 Å². The Bertz CT molecular complexity index is 1700. The number of nitrogens with zero attached hydrogens (tertiary/aromatic N) is 1. The van der Waals surface area contributed by atoms with Gasteiger partial charge in [0.1, 0.15) is 30.3 Å². The molecule has 0 unspecified atom stereocenters. The van der Waals surface area contributed by atoms with Crippen LogP contribution in [0.2, 0.25) is 15.1 Å². The van der Waals surface area contributed by atoms with Crippen molar-refractivity contribution in [1.29, 1.82) is 0 Å². The fourth-order valence-electron chi connectivity index (χ4n) is 4.15. The minimum atomic E-state index is -0.865. The molecule has 0 atom stereocenters. The third kappa shape index (κ3) is 6.77. The third-order valence-electron chi connectivity index (χ3n) is 6.39. The molecule has 0 radical (unpaired) electrons. The number of carbonyl (C=O) groups excluding carboxylic acids is 3. The Morgan fingerprint density at radius 3 is 2.19 bits per heavy atom. The summed E-state index contributed by atoms with van der Waals surface area (Å²) in [6, 6.07) is 23.3. The number of barbiturate groups is 1. The number of rotatable bonds is 8. The number of anilines is 1. The molecule has 4 aromatic rings. The molecule has 1 fully saturated rings. The monoisotopic (exact) mass is 620 g/mol. The molecule has 0 saturated carbocycles. The Labute approximate surface area is 257 Å². The third-order valence-corrected chi connectivity index (χ3v) is 7.21. The highest BCUT2D eigenvalue weighted by molar-refractivity contribution is 6.39. The first-order valence-electron chi connectivity index (χ1n) is 12.7. The molecule has 212 valence electrons. The van der Waals surface area contributed by atoms with Crippen molar-refractivity contribution in [2.24, 2.45) is 0 Å². The van der Waals surface area contributed by atoms with Crippen molar-refractivity contribution in [3.63, 3.8) is 0 Å². The van der Waals surface area contributed by atoms with Gasteiger partial charge in [-0.2, -0.15) is 0 Å². The first kappa shape index (κ1) is 29.2. The van der Waals surface area contributed by atoms with E-state index < -0.39 is 17.8 Å². The number of benzene rings is 4. The fraction of sp³-hybridized carbons (Fsp3) is 0.0938.